The van der Waals surface area contributed by atoms with Gasteiger partial charge in [-0.25, -0.2) is 4.98 Å². The molecule has 2 rings (SSSR count). The summed E-state index contributed by atoms with van der Waals surface area (Å²) in [6.45, 7) is 6.32. The zero-order valence-electron chi connectivity index (χ0n) is 10.6. The maximum atomic E-state index is 13.6. The molecule has 0 aliphatic rings. The number of nitrogens with zero attached hydrogens (tertiary/aromatic N) is 1. The van der Waals surface area contributed by atoms with Crippen molar-refractivity contribution in [2.45, 2.75) is 26.2 Å². The van der Waals surface area contributed by atoms with Crippen molar-refractivity contribution in [3.8, 4) is 11.3 Å². The summed E-state index contributed by atoms with van der Waals surface area (Å²) in [7, 11) is 0. The van der Waals surface area contributed by atoms with Crippen LogP contribution in [0.5, 0.6) is 0 Å². The van der Waals surface area contributed by atoms with Gasteiger partial charge in [0.1, 0.15) is 5.69 Å². The van der Waals surface area contributed by atoms with E-state index in [-0.39, 0.29) is 11.1 Å². The van der Waals surface area contributed by atoms with E-state index in [1.807, 2.05) is 12.1 Å². The first-order chi connectivity index (χ1) is 8.39. The lowest BCUT2D eigenvalue weighted by atomic mass is 9.86. The van der Waals surface area contributed by atoms with Gasteiger partial charge in [0, 0.05) is 5.56 Å². The SMILES string of the molecule is CC(C)(C)c1ccc(-c2nc[nH]c(=O)c2F)cc1. The summed E-state index contributed by atoms with van der Waals surface area (Å²) in [5, 5.41) is 0. The van der Waals surface area contributed by atoms with Crippen molar-refractivity contribution in [2.24, 2.45) is 0 Å². The molecule has 1 heterocycles. The second kappa shape index (κ2) is 4.37. The summed E-state index contributed by atoms with van der Waals surface area (Å²) < 4.78 is 13.6. The third-order valence-corrected chi connectivity index (χ3v) is 2.82. The highest BCUT2D eigenvalue weighted by Gasteiger charge is 2.15. The second-order valence-electron chi connectivity index (χ2n) is 5.22. The third-order valence-electron chi connectivity index (χ3n) is 2.82. The quantitative estimate of drug-likeness (QED) is 0.841. The number of nitrogens with one attached hydrogen (secondary N) is 1. The molecule has 0 atom stereocenters. The minimum atomic E-state index is -0.846. The van der Waals surface area contributed by atoms with Gasteiger partial charge in [-0.05, 0) is 11.0 Å². The molecule has 1 aromatic carbocycles. The van der Waals surface area contributed by atoms with Crippen molar-refractivity contribution in [2.75, 3.05) is 0 Å². The molecule has 0 aliphatic carbocycles. The first-order valence-corrected chi connectivity index (χ1v) is 5.73. The van der Waals surface area contributed by atoms with Crippen molar-refractivity contribution < 1.29 is 4.39 Å². The van der Waals surface area contributed by atoms with Crippen LogP contribution in [0.3, 0.4) is 0 Å². The van der Waals surface area contributed by atoms with Gasteiger partial charge >= 0.3 is 0 Å². The molecule has 0 spiro atoms. The number of rotatable bonds is 1. The summed E-state index contributed by atoms with van der Waals surface area (Å²) in [5.41, 5.74) is 1.13. The topological polar surface area (TPSA) is 45.8 Å². The smallest absolute Gasteiger partial charge is 0.287 e. The zero-order chi connectivity index (χ0) is 13.3. The van der Waals surface area contributed by atoms with E-state index in [9.17, 15) is 9.18 Å². The Balaban J connectivity index is 2.47. The van der Waals surface area contributed by atoms with Crippen LogP contribution in [0.1, 0.15) is 26.3 Å². The lowest BCUT2D eigenvalue weighted by molar-refractivity contribution is 0.590. The minimum absolute atomic E-state index is 0.0403. The number of hydrogen-bond acceptors (Lipinski definition) is 2. The molecule has 0 radical (unpaired) electrons. The standard InChI is InChI=1S/C14H15FN2O/c1-14(2,3)10-6-4-9(5-7-10)12-11(15)13(18)17-8-16-12/h4-8H,1-3H3,(H,16,17,18). The van der Waals surface area contributed by atoms with Crippen LogP contribution in [0.25, 0.3) is 11.3 Å². The van der Waals surface area contributed by atoms with E-state index in [4.69, 9.17) is 0 Å². The second-order valence-corrected chi connectivity index (χ2v) is 5.22. The number of aromatic amines is 1. The van der Waals surface area contributed by atoms with Crippen molar-refractivity contribution in [1.29, 1.82) is 0 Å². The van der Waals surface area contributed by atoms with Gasteiger partial charge in [-0.2, -0.15) is 4.39 Å². The largest absolute Gasteiger partial charge is 0.311 e. The highest BCUT2D eigenvalue weighted by molar-refractivity contribution is 5.59. The normalized spacial score (nSPS) is 11.6. The van der Waals surface area contributed by atoms with E-state index in [0.29, 0.717) is 5.56 Å². The van der Waals surface area contributed by atoms with Gasteiger partial charge in [-0.1, -0.05) is 45.0 Å². The molecule has 3 nitrogen and oxygen atoms in total. The van der Waals surface area contributed by atoms with Crippen LogP contribution in [-0.2, 0) is 5.41 Å². The molecule has 0 amide bonds. The Labute approximate surface area is 105 Å². The zero-order valence-corrected chi connectivity index (χ0v) is 10.6. The van der Waals surface area contributed by atoms with Crippen molar-refractivity contribution in [3.63, 3.8) is 0 Å². The molecule has 18 heavy (non-hydrogen) atoms. The van der Waals surface area contributed by atoms with E-state index >= 15 is 0 Å². The van der Waals surface area contributed by atoms with Gasteiger partial charge in [0.05, 0.1) is 6.33 Å². The highest BCUT2D eigenvalue weighted by atomic mass is 19.1. The molecule has 0 fully saturated rings. The molecule has 0 bridgehead atoms. The molecular formula is C14H15FN2O. The molecular weight excluding hydrogens is 231 g/mol. The Morgan fingerprint density at radius 1 is 1.17 bits per heavy atom. The van der Waals surface area contributed by atoms with Crippen molar-refractivity contribution in [1.82, 2.24) is 9.97 Å². The van der Waals surface area contributed by atoms with E-state index in [1.54, 1.807) is 12.1 Å². The van der Waals surface area contributed by atoms with Gasteiger partial charge in [0.25, 0.3) is 5.56 Å². The van der Waals surface area contributed by atoms with Crippen molar-refractivity contribution in [3.05, 3.63) is 52.3 Å². The fraction of sp³-hybridized carbons (Fsp3) is 0.286. The number of benzene rings is 1. The van der Waals surface area contributed by atoms with Crippen LogP contribution in [0.15, 0.2) is 35.4 Å². The Morgan fingerprint density at radius 3 is 2.33 bits per heavy atom. The predicted octanol–water partition coefficient (Wildman–Crippen LogP) is 2.87. The third kappa shape index (κ3) is 2.32. The first kappa shape index (κ1) is 12.5. The average Bonchev–Trinajstić information content (AvgIpc) is 2.32. The summed E-state index contributed by atoms with van der Waals surface area (Å²) in [6, 6.07) is 7.42. The molecule has 2 aromatic rings. The summed E-state index contributed by atoms with van der Waals surface area (Å²) >= 11 is 0. The van der Waals surface area contributed by atoms with Gasteiger partial charge in [-0.3, -0.25) is 4.79 Å². The molecule has 1 aromatic heterocycles. The summed E-state index contributed by atoms with van der Waals surface area (Å²) in [5.74, 6) is -0.846. The molecule has 4 heteroatoms. The van der Waals surface area contributed by atoms with Gasteiger partial charge in [0.15, 0.2) is 0 Å². The molecule has 1 N–H and O–H groups in total. The maximum Gasteiger partial charge on any atom is 0.287 e. The predicted molar refractivity (Wildman–Crippen MR) is 69.0 cm³/mol. The fourth-order valence-electron chi connectivity index (χ4n) is 1.71. The van der Waals surface area contributed by atoms with Crippen molar-refractivity contribution >= 4 is 0 Å². The lowest BCUT2D eigenvalue weighted by Crippen LogP contribution is -2.13. The van der Waals surface area contributed by atoms with Crippen LogP contribution in [0.2, 0.25) is 0 Å². The molecule has 0 saturated carbocycles. The molecule has 0 aliphatic heterocycles. The van der Waals surface area contributed by atoms with Gasteiger partial charge < -0.3 is 4.98 Å². The monoisotopic (exact) mass is 246 g/mol. The van der Waals surface area contributed by atoms with Gasteiger partial charge in [0.2, 0.25) is 5.82 Å². The fourth-order valence-corrected chi connectivity index (χ4v) is 1.71. The average molecular weight is 246 g/mol. The number of halogens is 1. The molecule has 94 valence electrons. The Morgan fingerprint density at radius 2 is 1.78 bits per heavy atom. The van der Waals surface area contributed by atoms with E-state index in [1.165, 1.54) is 6.33 Å². The Kier molecular flexibility index (Phi) is 3.03. The highest BCUT2D eigenvalue weighted by Crippen LogP contribution is 2.25. The van der Waals surface area contributed by atoms with E-state index < -0.39 is 11.4 Å². The summed E-state index contributed by atoms with van der Waals surface area (Å²) in [4.78, 5) is 17.2. The number of aromatic nitrogens is 2. The van der Waals surface area contributed by atoms with E-state index in [2.05, 4.69) is 30.7 Å². The lowest BCUT2D eigenvalue weighted by Gasteiger charge is -2.19. The maximum absolute atomic E-state index is 13.6. The van der Waals surface area contributed by atoms with Gasteiger partial charge in [-0.15, -0.1) is 0 Å². The minimum Gasteiger partial charge on any atom is -0.311 e. The van der Waals surface area contributed by atoms with Crippen LogP contribution < -0.4 is 5.56 Å². The first-order valence-electron chi connectivity index (χ1n) is 5.73. The Bertz CT molecular complexity index is 609. The summed E-state index contributed by atoms with van der Waals surface area (Å²) in [6.07, 6.45) is 1.21. The number of H-pyrrole nitrogens is 1. The van der Waals surface area contributed by atoms with Crippen LogP contribution in [-0.4, -0.2) is 9.97 Å². The van der Waals surface area contributed by atoms with E-state index in [0.717, 1.165) is 5.56 Å². The molecule has 0 saturated heterocycles. The molecule has 0 unspecified atom stereocenters. The number of hydrogen-bond donors (Lipinski definition) is 1. The Hall–Kier alpha value is -1.97. The van der Waals surface area contributed by atoms with Crippen LogP contribution in [0, 0.1) is 5.82 Å². The van der Waals surface area contributed by atoms with Crippen LogP contribution >= 0.6 is 0 Å². The van der Waals surface area contributed by atoms with Crippen LogP contribution in [0.4, 0.5) is 4.39 Å².